The van der Waals surface area contributed by atoms with Crippen molar-refractivity contribution < 1.29 is 4.79 Å². The van der Waals surface area contributed by atoms with Crippen LogP contribution in [0, 0.1) is 6.92 Å². The van der Waals surface area contributed by atoms with E-state index < -0.39 is 0 Å². The Morgan fingerprint density at radius 3 is 2.78 bits per heavy atom. The van der Waals surface area contributed by atoms with Crippen LogP contribution in [0.1, 0.15) is 30.3 Å². The highest BCUT2D eigenvalue weighted by molar-refractivity contribution is 5.82. The molecule has 1 aromatic heterocycles. The summed E-state index contributed by atoms with van der Waals surface area (Å²) in [6.45, 7) is 3.52. The first-order valence-corrected chi connectivity index (χ1v) is 9.48. The number of hydrogen-bond donors (Lipinski definition) is 3. The molecule has 140 valence electrons. The SMILES string of the molecule is Cc1nc2ccccc2n1CCCNC(=O)C1CC(c2ccccc2)NN1. The maximum Gasteiger partial charge on any atom is 0.238 e. The van der Waals surface area contributed by atoms with Gasteiger partial charge in [-0.1, -0.05) is 42.5 Å². The van der Waals surface area contributed by atoms with Gasteiger partial charge < -0.3 is 9.88 Å². The number of para-hydroxylation sites is 2. The molecular formula is C21H25N5O. The molecule has 1 amide bonds. The Bertz CT molecular complexity index is 921. The number of carbonyl (C=O) groups excluding carboxylic acids is 1. The van der Waals surface area contributed by atoms with E-state index in [1.54, 1.807) is 0 Å². The zero-order chi connectivity index (χ0) is 18.6. The van der Waals surface area contributed by atoms with Gasteiger partial charge in [0, 0.05) is 19.1 Å². The van der Waals surface area contributed by atoms with Crippen molar-refractivity contribution >= 4 is 16.9 Å². The molecule has 27 heavy (non-hydrogen) atoms. The highest BCUT2D eigenvalue weighted by atomic mass is 16.2. The van der Waals surface area contributed by atoms with E-state index in [2.05, 4.69) is 43.9 Å². The Kier molecular flexibility index (Phi) is 5.18. The molecule has 3 aromatic rings. The molecule has 4 rings (SSSR count). The van der Waals surface area contributed by atoms with Crippen LogP contribution in [0.5, 0.6) is 0 Å². The molecule has 0 spiro atoms. The van der Waals surface area contributed by atoms with E-state index in [4.69, 9.17) is 0 Å². The van der Waals surface area contributed by atoms with Crippen molar-refractivity contribution in [3.05, 3.63) is 66.0 Å². The largest absolute Gasteiger partial charge is 0.355 e. The summed E-state index contributed by atoms with van der Waals surface area (Å²) in [6, 6.07) is 18.3. The average Bonchev–Trinajstić information content (AvgIpc) is 3.31. The van der Waals surface area contributed by atoms with Gasteiger partial charge in [-0.2, -0.15) is 0 Å². The van der Waals surface area contributed by atoms with Crippen LogP contribution in [-0.4, -0.2) is 28.0 Å². The third kappa shape index (κ3) is 3.86. The second-order valence-electron chi connectivity index (χ2n) is 6.98. The molecule has 0 radical (unpaired) electrons. The van der Waals surface area contributed by atoms with E-state index in [1.807, 2.05) is 43.3 Å². The number of aryl methyl sites for hydroxylation is 2. The molecule has 6 nitrogen and oxygen atoms in total. The zero-order valence-corrected chi connectivity index (χ0v) is 15.5. The predicted molar refractivity (Wildman–Crippen MR) is 106 cm³/mol. The summed E-state index contributed by atoms with van der Waals surface area (Å²) in [5, 5.41) is 3.05. The van der Waals surface area contributed by atoms with Crippen LogP contribution in [0.25, 0.3) is 11.0 Å². The Morgan fingerprint density at radius 1 is 1.15 bits per heavy atom. The number of aromatic nitrogens is 2. The van der Waals surface area contributed by atoms with Crippen molar-refractivity contribution in [2.75, 3.05) is 6.54 Å². The van der Waals surface area contributed by atoms with E-state index >= 15 is 0 Å². The fourth-order valence-electron chi connectivity index (χ4n) is 3.68. The van der Waals surface area contributed by atoms with Gasteiger partial charge >= 0.3 is 0 Å². The lowest BCUT2D eigenvalue weighted by Gasteiger charge is -2.12. The Balaban J connectivity index is 1.26. The van der Waals surface area contributed by atoms with E-state index in [9.17, 15) is 4.79 Å². The number of fused-ring (bicyclic) bond motifs is 1. The van der Waals surface area contributed by atoms with Gasteiger partial charge in [0.25, 0.3) is 0 Å². The summed E-state index contributed by atoms with van der Waals surface area (Å²) >= 11 is 0. The molecule has 6 heteroatoms. The van der Waals surface area contributed by atoms with Gasteiger partial charge in [-0.25, -0.2) is 15.8 Å². The minimum absolute atomic E-state index is 0.0492. The molecule has 2 atom stereocenters. The third-order valence-corrected chi connectivity index (χ3v) is 5.12. The monoisotopic (exact) mass is 363 g/mol. The van der Waals surface area contributed by atoms with Crippen LogP contribution in [-0.2, 0) is 11.3 Å². The van der Waals surface area contributed by atoms with Crippen molar-refractivity contribution in [3.63, 3.8) is 0 Å². The van der Waals surface area contributed by atoms with Gasteiger partial charge in [0.05, 0.1) is 11.0 Å². The molecule has 2 heterocycles. The summed E-state index contributed by atoms with van der Waals surface area (Å²) in [5.74, 6) is 1.06. The van der Waals surface area contributed by atoms with E-state index in [0.717, 1.165) is 36.2 Å². The summed E-state index contributed by atoms with van der Waals surface area (Å²) in [4.78, 5) is 17.0. The van der Waals surface area contributed by atoms with Gasteiger partial charge in [0.1, 0.15) is 11.9 Å². The molecule has 1 saturated heterocycles. The normalized spacial score (nSPS) is 19.4. The first-order valence-electron chi connectivity index (χ1n) is 9.48. The molecule has 3 N–H and O–H groups in total. The second-order valence-corrected chi connectivity index (χ2v) is 6.98. The van der Waals surface area contributed by atoms with Gasteiger partial charge in [0.2, 0.25) is 5.91 Å². The fraction of sp³-hybridized carbons (Fsp3) is 0.333. The smallest absolute Gasteiger partial charge is 0.238 e. The Labute approximate surface area is 159 Å². The summed E-state index contributed by atoms with van der Waals surface area (Å²) in [5.41, 5.74) is 9.70. The number of nitrogens with zero attached hydrogens (tertiary/aromatic N) is 2. The first kappa shape index (κ1) is 17.7. The maximum atomic E-state index is 12.4. The van der Waals surface area contributed by atoms with Gasteiger partial charge in [-0.15, -0.1) is 0 Å². The molecule has 0 bridgehead atoms. The van der Waals surface area contributed by atoms with Crippen LogP contribution in [0.3, 0.4) is 0 Å². The first-order chi connectivity index (χ1) is 13.2. The predicted octanol–water partition coefficient (Wildman–Crippen LogP) is 2.46. The number of nitrogens with one attached hydrogen (secondary N) is 3. The van der Waals surface area contributed by atoms with Crippen molar-refractivity contribution in [2.45, 2.75) is 38.4 Å². The molecule has 2 aromatic carbocycles. The van der Waals surface area contributed by atoms with Crippen LogP contribution in [0.15, 0.2) is 54.6 Å². The molecular weight excluding hydrogens is 338 g/mol. The van der Waals surface area contributed by atoms with E-state index in [0.29, 0.717) is 6.54 Å². The average molecular weight is 363 g/mol. The number of hydrogen-bond acceptors (Lipinski definition) is 4. The summed E-state index contributed by atoms with van der Waals surface area (Å²) < 4.78 is 2.21. The fourth-order valence-corrected chi connectivity index (χ4v) is 3.68. The third-order valence-electron chi connectivity index (χ3n) is 5.12. The van der Waals surface area contributed by atoms with Crippen LogP contribution in [0.4, 0.5) is 0 Å². The van der Waals surface area contributed by atoms with Gasteiger partial charge in [-0.05, 0) is 37.5 Å². The standard InChI is InChI=1S/C21H25N5O/c1-15-23-17-10-5-6-11-20(17)26(15)13-7-12-22-21(27)19-14-18(24-25-19)16-8-3-2-4-9-16/h2-6,8-11,18-19,24-25H,7,12-14H2,1H3,(H,22,27). The highest BCUT2D eigenvalue weighted by Crippen LogP contribution is 2.21. The lowest BCUT2D eigenvalue weighted by Crippen LogP contribution is -2.43. The molecule has 1 aliphatic heterocycles. The number of imidazole rings is 1. The lowest BCUT2D eigenvalue weighted by molar-refractivity contribution is -0.122. The number of benzene rings is 2. The maximum absolute atomic E-state index is 12.4. The van der Waals surface area contributed by atoms with Crippen molar-refractivity contribution in [2.24, 2.45) is 0 Å². The molecule has 1 fully saturated rings. The molecule has 0 aliphatic carbocycles. The molecule has 1 aliphatic rings. The van der Waals surface area contributed by atoms with E-state index in [1.165, 1.54) is 5.56 Å². The number of rotatable bonds is 6. The van der Waals surface area contributed by atoms with Crippen molar-refractivity contribution in [3.8, 4) is 0 Å². The van der Waals surface area contributed by atoms with Crippen molar-refractivity contribution in [1.29, 1.82) is 0 Å². The van der Waals surface area contributed by atoms with Crippen LogP contribution >= 0.6 is 0 Å². The lowest BCUT2D eigenvalue weighted by atomic mass is 10.0. The van der Waals surface area contributed by atoms with Crippen LogP contribution in [0.2, 0.25) is 0 Å². The minimum Gasteiger partial charge on any atom is -0.355 e. The topological polar surface area (TPSA) is 71.0 Å². The van der Waals surface area contributed by atoms with E-state index in [-0.39, 0.29) is 18.0 Å². The summed E-state index contributed by atoms with van der Waals surface area (Å²) in [6.07, 6.45) is 1.62. The summed E-state index contributed by atoms with van der Waals surface area (Å²) in [7, 11) is 0. The van der Waals surface area contributed by atoms with Crippen LogP contribution < -0.4 is 16.2 Å². The Hall–Kier alpha value is -2.70. The number of carbonyl (C=O) groups is 1. The van der Waals surface area contributed by atoms with Gasteiger partial charge in [-0.3, -0.25) is 4.79 Å². The quantitative estimate of drug-likeness (QED) is 0.589. The number of amides is 1. The number of hydrazine groups is 1. The zero-order valence-electron chi connectivity index (χ0n) is 15.5. The minimum atomic E-state index is -0.203. The van der Waals surface area contributed by atoms with Crippen molar-refractivity contribution in [1.82, 2.24) is 25.7 Å². The second kappa shape index (κ2) is 7.90. The molecule has 0 saturated carbocycles. The Morgan fingerprint density at radius 2 is 1.93 bits per heavy atom. The van der Waals surface area contributed by atoms with Gasteiger partial charge in [0.15, 0.2) is 0 Å². The molecule has 2 unspecified atom stereocenters. The highest BCUT2D eigenvalue weighted by Gasteiger charge is 2.29.